The fraction of sp³-hybridized carbons (Fsp3) is 0.613. The molecule has 0 radical (unpaired) electrons. The Morgan fingerprint density at radius 3 is 2.47 bits per heavy atom. The number of ether oxygens (including phenoxy) is 4. The lowest BCUT2D eigenvalue weighted by Gasteiger charge is -2.21. The maximum absolute atomic E-state index is 12.7. The number of benzene rings is 1. The lowest BCUT2D eigenvalue weighted by atomic mass is 9.94. The highest BCUT2D eigenvalue weighted by molar-refractivity contribution is 5.71. The molecule has 1 aliphatic heterocycles. The summed E-state index contributed by atoms with van der Waals surface area (Å²) in [6.45, 7) is 7.07. The van der Waals surface area contributed by atoms with E-state index in [0.29, 0.717) is 45.2 Å². The zero-order valence-electron chi connectivity index (χ0n) is 26.1. The number of fused-ring (bicyclic) bond motifs is 3. The minimum Gasteiger partial charge on any atom is -0.471 e. The van der Waals surface area contributed by atoms with Crippen molar-refractivity contribution in [2.45, 2.75) is 85.5 Å². The predicted octanol–water partition coefficient (Wildman–Crippen LogP) is 5.91. The van der Waals surface area contributed by atoms with Crippen molar-refractivity contribution in [3.63, 3.8) is 0 Å². The van der Waals surface area contributed by atoms with Crippen molar-refractivity contribution >= 4 is 18.8 Å². The van der Waals surface area contributed by atoms with Gasteiger partial charge in [-0.2, -0.15) is 8.78 Å². The highest BCUT2D eigenvalue weighted by Crippen LogP contribution is 2.34. The number of hydrogen-bond donors (Lipinski definition) is 2. The van der Waals surface area contributed by atoms with Gasteiger partial charge in [0, 0.05) is 30.8 Å². The third-order valence-electron chi connectivity index (χ3n) is 6.75. The van der Waals surface area contributed by atoms with E-state index in [1.54, 1.807) is 25.1 Å². The van der Waals surface area contributed by atoms with Gasteiger partial charge in [-0.3, -0.25) is 9.59 Å². The van der Waals surface area contributed by atoms with Crippen molar-refractivity contribution in [3.8, 4) is 17.0 Å². The molecule has 0 saturated heterocycles. The molecule has 2 N–H and O–H groups in total. The number of rotatable bonds is 15. The Hall–Kier alpha value is -3.38. The predicted molar refractivity (Wildman–Crippen MR) is 162 cm³/mol. The van der Waals surface area contributed by atoms with Gasteiger partial charge >= 0.3 is 6.61 Å². The molecule has 2 aromatic rings. The van der Waals surface area contributed by atoms with Gasteiger partial charge in [-0.15, -0.1) is 10.2 Å². The van der Waals surface area contributed by atoms with Crippen molar-refractivity contribution in [2.24, 2.45) is 5.92 Å². The molecule has 2 heterocycles. The van der Waals surface area contributed by atoms with Gasteiger partial charge in [0.05, 0.1) is 26.0 Å². The van der Waals surface area contributed by atoms with Crippen LogP contribution in [0.2, 0.25) is 0 Å². The van der Waals surface area contributed by atoms with Crippen LogP contribution < -0.4 is 15.4 Å². The van der Waals surface area contributed by atoms with Crippen molar-refractivity contribution < 1.29 is 37.3 Å². The number of hydrogen-bond acceptors (Lipinski definition) is 10. The minimum atomic E-state index is -2.87. The van der Waals surface area contributed by atoms with Gasteiger partial charge in [0.1, 0.15) is 5.75 Å². The van der Waals surface area contributed by atoms with Crippen LogP contribution in [-0.2, 0) is 43.4 Å². The van der Waals surface area contributed by atoms with E-state index in [2.05, 4.69) is 48.9 Å². The van der Waals surface area contributed by atoms with E-state index >= 15 is 0 Å². The van der Waals surface area contributed by atoms with Crippen LogP contribution in [0.5, 0.6) is 5.75 Å². The smallest absolute Gasteiger partial charge is 0.387 e. The largest absolute Gasteiger partial charge is 0.471 e. The van der Waals surface area contributed by atoms with Crippen LogP contribution in [-0.4, -0.2) is 63.7 Å². The van der Waals surface area contributed by atoms with Crippen LogP contribution in [0, 0.1) is 5.92 Å². The summed E-state index contributed by atoms with van der Waals surface area (Å²) in [6.07, 6.45) is 7.74. The highest BCUT2D eigenvalue weighted by atomic mass is 19.3. The van der Waals surface area contributed by atoms with Gasteiger partial charge in [0.2, 0.25) is 0 Å². The summed E-state index contributed by atoms with van der Waals surface area (Å²) >= 11 is 0. The average molecular weight is 611 g/mol. The van der Waals surface area contributed by atoms with Crippen LogP contribution in [0.25, 0.3) is 11.3 Å². The molecule has 12 heteroatoms. The summed E-state index contributed by atoms with van der Waals surface area (Å²) in [5, 5.41) is 16.1. The molecule has 10 nitrogen and oxygen atoms in total. The molecule has 1 atom stereocenters. The molecule has 0 fully saturated rings. The molecule has 0 spiro atoms. The lowest BCUT2D eigenvalue weighted by molar-refractivity contribution is -0.128. The second kappa shape index (κ2) is 23.1. The van der Waals surface area contributed by atoms with Gasteiger partial charge in [-0.1, -0.05) is 39.5 Å². The van der Waals surface area contributed by atoms with Gasteiger partial charge in [-0.05, 0) is 68.5 Å². The van der Waals surface area contributed by atoms with E-state index in [9.17, 15) is 13.6 Å². The Morgan fingerprint density at radius 2 is 1.88 bits per heavy atom. The van der Waals surface area contributed by atoms with E-state index in [-0.39, 0.29) is 5.75 Å². The Kier molecular flexibility index (Phi) is 20.2. The second-order valence-corrected chi connectivity index (χ2v) is 9.77. The number of nitrogens with one attached hydrogen (secondary N) is 2. The van der Waals surface area contributed by atoms with Crippen LogP contribution >= 0.6 is 0 Å². The van der Waals surface area contributed by atoms with E-state index in [4.69, 9.17) is 9.53 Å². The van der Waals surface area contributed by atoms with Crippen molar-refractivity contribution in [1.29, 1.82) is 0 Å². The quantitative estimate of drug-likeness (QED) is 0.186. The van der Waals surface area contributed by atoms with Crippen LogP contribution in [0.3, 0.4) is 0 Å². The maximum Gasteiger partial charge on any atom is 0.387 e. The Balaban J connectivity index is 0.000000899. The summed E-state index contributed by atoms with van der Waals surface area (Å²) in [7, 11) is 3.24. The number of nitrogens with zero attached hydrogens (tertiary/aromatic N) is 2. The van der Waals surface area contributed by atoms with Crippen LogP contribution in [0.15, 0.2) is 18.2 Å². The van der Waals surface area contributed by atoms with Gasteiger partial charge in [0.15, 0.2) is 5.82 Å². The lowest BCUT2D eigenvalue weighted by Crippen LogP contribution is -2.19. The number of anilines is 1. The molecule has 0 amide bonds. The summed E-state index contributed by atoms with van der Waals surface area (Å²) in [4.78, 5) is 18.1. The molecular weight excluding hydrogens is 562 g/mol. The first-order chi connectivity index (χ1) is 20.9. The molecule has 0 saturated carbocycles. The van der Waals surface area contributed by atoms with Crippen molar-refractivity contribution in [3.05, 3.63) is 34.9 Å². The number of alkyl halides is 2. The molecule has 0 bridgehead atoms. The Labute approximate surface area is 254 Å². The molecule has 1 aliphatic rings. The monoisotopic (exact) mass is 610 g/mol. The number of carbonyl (C=O) groups is 2. The Bertz CT molecular complexity index is 1060. The fourth-order valence-corrected chi connectivity index (χ4v) is 4.57. The van der Waals surface area contributed by atoms with E-state index < -0.39 is 6.61 Å². The molecule has 1 aromatic heterocycles. The summed E-state index contributed by atoms with van der Waals surface area (Å²) in [6, 6.07) is 4.96. The van der Waals surface area contributed by atoms with Gasteiger partial charge in [-0.25, -0.2) is 0 Å². The molecular formula is C31H48F2N4O6. The first-order valence-corrected chi connectivity index (χ1v) is 14.8. The molecule has 1 aromatic carbocycles. The van der Waals surface area contributed by atoms with Crippen molar-refractivity contribution in [2.75, 3.05) is 39.2 Å². The minimum absolute atomic E-state index is 0.119. The molecule has 1 unspecified atom stereocenters. The van der Waals surface area contributed by atoms with E-state index in [1.165, 1.54) is 32.8 Å². The number of aromatic nitrogens is 2. The first-order valence-electron chi connectivity index (χ1n) is 14.8. The fourth-order valence-electron chi connectivity index (χ4n) is 4.57. The van der Waals surface area contributed by atoms with Crippen molar-refractivity contribution in [1.82, 2.24) is 15.5 Å². The standard InChI is InChI=1S/C26H38F2N4O2.C3H6O2.C2H4O2/c1-4-6-7-9-18(5-2)15-30-25-23(16-29-3)22-10-8-13-33-17-19-14-20(34-26(27)28)11-12-21(19)24(22)31-32-25;1-2-5-3-4;1-4-2-3/h11-12,14,18,26,29H,4-10,13,15-17H2,1-3H3,(H,30,32);3H,2H2,1H3;2H,1H3. The van der Waals surface area contributed by atoms with Gasteiger partial charge in [0.25, 0.3) is 12.9 Å². The summed E-state index contributed by atoms with van der Waals surface area (Å²) in [5.41, 5.74) is 4.64. The number of unbranched alkanes of at least 4 members (excludes halogenated alkanes) is 2. The highest BCUT2D eigenvalue weighted by Gasteiger charge is 2.22. The Morgan fingerprint density at radius 1 is 1.12 bits per heavy atom. The van der Waals surface area contributed by atoms with Crippen LogP contribution in [0.4, 0.5) is 14.6 Å². The topological polar surface area (TPSA) is 121 Å². The zero-order valence-corrected chi connectivity index (χ0v) is 26.1. The third kappa shape index (κ3) is 14.1. The molecule has 3 rings (SSSR count). The maximum atomic E-state index is 12.7. The molecule has 0 aliphatic carbocycles. The van der Waals surface area contributed by atoms with Gasteiger partial charge < -0.3 is 29.6 Å². The zero-order chi connectivity index (χ0) is 31.9. The first kappa shape index (κ1) is 37.6. The summed E-state index contributed by atoms with van der Waals surface area (Å²) < 4.78 is 43.9. The van der Waals surface area contributed by atoms with Crippen LogP contribution in [0.1, 0.15) is 76.0 Å². The van der Waals surface area contributed by atoms with E-state index in [0.717, 1.165) is 59.6 Å². The number of halogens is 2. The third-order valence-corrected chi connectivity index (χ3v) is 6.75. The summed E-state index contributed by atoms with van der Waals surface area (Å²) in [5.74, 6) is 1.54. The normalized spacial score (nSPS) is 12.7. The molecule has 43 heavy (non-hydrogen) atoms. The molecule has 242 valence electrons. The number of carbonyl (C=O) groups excluding carboxylic acids is 2. The average Bonchev–Trinajstić information content (AvgIpc) is 3.09. The SMILES string of the molecule is CCCCCC(CC)CNc1nnc2c(c1CNC)CCCOCc1cc(OC(F)F)ccc1-2.CCOC=O.COC=O. The number of methoxy groups -OCH3 is 1. The van der Waals surface area contributed by atoms with E-state index in [1.807, 2.05) is 7.05 Å². The second-order valence-electron chi connectivity index (χ2n) is 9.77.